The molecule has 0 aliphatic carbocycles. The van der Waals surface area contributed by atoms with Crippen LogP contribution in [0.5, 0.6) is 0 Å². The van der Waals surface area contributed by atoms with Crippen molar-refractivity contribution in [2.24, 2.45) is 0 Å². The van der Waals surface area contributed by atoms with E-state index in [2.05, 4.69) is 26.3 Å². The Morgan fingerprint density at radius 3 is 2.88 bits per heavy atom. The Labute approximate surface area is 192 Å². The van der Waals surface area contributed by atoms with Crippen molar-refractivity contribution >= 4 is 23.1 Å². The van der Waals surface area contributed by atoms with Crippen LogP contribution < -0.4 is 0 Å². The zero-order valence-corrected chi connectivity index (χ0v) is 19.2. The van der Waals surface area contributed by atoms with Crippen LogP contribution >= 0.6 is 23.1 Å². The second-order valence-corrected chi connectivity index (χ2v) is 9.37. The first-order valence-electron chi connectivity index (χ1n) is 9.80. The predicted molar refractivity (Wildman–Crippen MR) is 117 cm³/mol. The van der Waals surface area contributed by atoms with E-state index >= 15 is 0 Å². The topological polar surface area (TPSA) is 139 Å². The minimum atomic E-state index is -1.10. The van der Waals surface area contributed by atoms with Gasteiger partial charge >= 0.3 is 0 Å². The lowest BCUT2D eigenvalue weighted by molar-refractivity contribution is -0.186. The summed E-state index contributed by atoms with van der Waals surface area (Å²) < 4.78 is 13.2. The molecular weight excluding hydrogens is 452 g/mol. The van der Waals surface area contributed by atoms with Crippen molar-refractivity contribution in [2.45, 2.75) is 48.5 Å². The summed E-state index contributed by atoms with van der Waals surface area (Å²) in [7, 11) is 1.52. The summed E-state index contributed by atoms with van der Waals surface area (Å²) in [4.78, 5) is 9.23. The highest BCUT2D eigenvalue weighted by atomic mass is 32.2. The van der Waals surface area contributed by atoms with E-state index in [1.807, 2.05) is 25.3 Å². The van der Waals surface area contributed by atoms with Crippen molar-refractivity contribution < 1.29 is 19.7 Å². The van der Waals surface area contributed by atoms with E-state index in [9.17, 15) is 15.5 Å². The number of nitriles is 1. The number of methoxy groups -OCH3 is 1. The van der Waals surface area contributed by atoms with E-state index in [4.69, 9.17) is 9.47 Å². The molecule has 0 radical (unpaired) electrons. The molecule has 0 unspecified atom stereocenters. The molecule has 3 aromatic heterocycles. The molecule has 1 saturated heterocycles. The van der Waals surface area contributed by atoms with Crippen molar-refractivity contribution in [3.05, 3.63) is 40.8 Å². The number of thioether (sulfide) groups is 1. The van der Waals surface area contributed by atoms with E-state index in [0.29, 0.717) is 10.6 Å². The normalized spacial score (nSPS) is 25.6. The zero-order chi connectivity index (χ0) is 22.8. The maximum atomic E-state index is 11.0. The summed E-state index contributed by atoms with van der Waals surface area (Å²) in [5.74, 6) is 0. The van der Waals surface area contributed by atoms with Crippen molar-refractivity contribution in [2.75, 3.05) is 13.7 Å². The largest absolute Gasteiger partial charge is 0.394 e. The minimum absolute atomic E-state index is 0.268. The molecule has 4 heterocycles. The number of ether oxygens (including phenoxy) is 2. The van der Waals surface area contributed by atoms with Crippen LogP contribution in [-0.2, 0) is 9.47 Å². The number of aromatic nitrogens is 5. The van der Waals surface area contributed by atoms with Crippen molar-refractivity contribution in [1.29, 1.82) is 5.26 Å². The molecule has 12 heteroatoms. The molecule has 5 atom stereocenters. The molecule has 0 aromatic carbocycles. The van der Waals surface area contributed by atoms with Gasteiger partial charge in [-0.15, -0.1) is 16.4 Å². The Morgan fingerprint density at radius 1 is 1.41 bits per heavy atom. The van der Waals surface area contributed by atoms with Crippen LogP contribution in [0.15, 0.2) is 28.7 Å². The number of hydrogen-bond donors (Lipinski definition) is 2. The SMILES string of the molecule is CO[C@@H]1[C@@H](n2cc(-c3nc(C)cs3)nn2)[C@@H](O)[C@@H](CO)O[C@@H]1Sc1cc(C)cnc1C#N. The molecule has 4 rings (SSSR count). The first kappa shape index (κ1) is 22.8. The van der Waals surface area contributed by atoms with E-state index in [1.165, 1.54) is 34.9 Å². The predicted octanol–water partition coefficient (Wildman–Crippen LogP) is 1.71. The van der Waals surface area contributed by atoms with Gasteiger partial charge in [-0.2, -0.15) is 5.26 Å². The van der Waals surface area contributed by atoms with E-state index < -0.39 is 36.4 Å². The first-order chi connectivity index (χ1) is 15.4. The number of aryl methyl sites for hydroxylation is 2. The first-order valence-corrected chi connectivity index (χ1v) is 11.6. The third-order valence-electron chi connectivity index (χ3n) is 5.09. The quantitative estimate of drug-likeness (QED) is 0.543. The Balaban J connectivity index is 1.68. The summed E-state index contributed by atoms with van der Waals surface area (Å²) in [5, 5.41) is 41.3. The number of pyridine rings is 1. The summed E-state index contributed by atoms with van der Waals surface area (Å²) in [6.07, 6.45) is 0.701. The maximum absolute atomic E-state index is 11.0. The number of rotatable bonds is 6. The van der Waals surface area contributed by atoms with Crippen molar-refractivity contribution in [1.82, 2.24) is 25.0 Å². The lowest BCUT2D eigenvalue weighted by atomic mass is 9.97. The highest BCUT2D eigenvalue weighted by Crippen LogP contribution is 2.40. The van der Waals surface area contributed by atoms with Gasteiger partial charge < -0.3 is 19.7 Å². The lowest BCUT2D eigenvalue weighted by Gasteiger charge is -2.43. The molecule has 2 N–H and O–H groups in total. The van der Waals surface area contributed by atoms with Gasteiger partial charge in [0.1, 0.15) is 46.6 Å². The molecule has 32 heavy (non-hydrogen) atoms. The van der Waals surface area contributed by atoms with Gasteiger partial charge in [0, 0.05) is 29.3 Å². The fourth-order valence-corrected chi connectivity index (χ4v) is 5.61. The summed E-state index contributed by atoms with van der Waals surface area (Å²) in [6, 6.07) is 3.24. The summed E-state index contributed by atoms with van der Waals surface area (Å²) in [6.45, 7) is 3.39. The van der Waals surface area contributed by atoms with Crippen molar-refractivity contribution in [3.63, 3.8) is 0 Å². The van der Waals surface area contributed by atoms with E-state index in [0.717, 1.165) is 16.3 Å². The van der Waals surface area contributed by atoms with Crippen LogP contribution in [0.3, 0.4) is 0 Å². The Bertz CT molecular complexity index is 1130. The molecule has 1 aliphatic rings. The van der Waals surface area contributed by atoms with Gasteiger partial charge in [0.15, 0.2) is 5.69 Å². The molecule has 1 fully saturated rings. The molecule has 10 nitrogen and oxygen atoms in total. The number of aliphatic hydroxyl groups excluding tert-OH is 2. The Kier molecular flexibility index (Phi) is 6.85. The zero-order valence-electron chi connectivity index (χ0n) is 17.6. The number of hydrogen-bond acceptors (Lipinski definition) is 11. The highest BCUT2D eigenvalue weighted by molar-refractivity contribution is 7.99. The van der Waals surface area contributed by atoms with Gasteiger partial charge in [-0.3, -0.25) is 0 Å². The number of aliphatic hydroxyl groups is 2. The van der Waals surface area contributed by atoms with Crippen LogP contribution in [0.4, 0.5) is 0 Å². The van der Waals surface area contributed by atoms with E-state index in [-0.39, 0.29) is 5.69 Å². The molecule has 3 aromatic rings. The fraction of sp³-hybridized carbons (Fsp3) is 0.450. The number of nitrogens with zero attached hydrogens (tertiary/aromatic N) is 6. The third-order valence-corrected chi connectivity index (χ3v) is 7.25. The van der Waals surface area contributed by atoms with Crippen LogP contribution in [0.25, 0.3) is 10.7 Å². The van der Waals surface area contributed by atoms with Crippen molar-refractivity contribution in [3.8, 4) is 16.8 Å². The van der Waals surface area contributed by atoms with Gasteiger partial charge in [0.05, 0.1) is 12.8 Å². The monoisotopic (exact) mass is 474 g/mol. The molecular formula is C20H22N6O4S2. The average molecular weight is 475 g/mol. The second kappa shape index (κ2) is 9.62. The van der Waals surface area contributed by atoms with Gasteiger partial charge in [0.25, 0.3) is 0 Å². The van der Waals surface area contributed by atoms with Gasteiger partial charge in [-0.05, 0) is 25.5 Å². The maximum Gasteiger partial charge on any atom is 0.154 e. The molecule has 0 spiro atoms. The molecule has 0 saturated carbocycles. The third kappa shape index (κ3) is 4.40. The second-order valence-electron chi connectivity index (χ2n) is 7.37. The Morgan fingerprint density at radius 2 is 2.22 bits per heavy atom. The average Bonchev–Trinajstić information content (AvgIpc) is 3.43. The van der Waals surface area contributed by atoms with Crippen LogP contribution in [-0.4, -0.2) is 72.6 Å². The van der Waals surface area contributed by atoms with Gasteiger partial charge in [-0.25, -0.2) is 14.6 Å². The Hall–Kier alpha value is -2.40. The molecule has 0 amide bonds. The molecule has 1 aliphatic heterocycles. The van der Waals surface area contributed by atoms with Crippen LogP contribution in [0, 0.1) is 25.2 Å². The lowest BCUT2D eigenvalue weighted by Crippen LogP contribution is -2.55. The molecule has 168 valence electrons. The minimum Gasteiger partial charge on any atom is -0.394 e. The summed E-state index contributed by atoms with van der Waals surface area (Å²) in [5.41, 5.74) is 1.99. The smallest absolute Gasteiger partial charge is 0.154 e. The molecule has 0 bridgehead atoms. The van der Waals surface area contributed by atoms with Gasteiger partial charge in [-0.1, -0.05) is 17.0 Å². The standard InChI is InChI=1S/C20H22N6O4S2/c1-10-4-15(12(5-21)22-6-10)32-20-18(29-3)16(17(28)14(8-27)30-20)26-7-13(24-25-26)19-23-11(2)9-31-19/h4,6-7,9,14,16-18,20,27-28H,8H2,1-3H3/t14-,16+,17+,18-,20-/m1/s1. The highest BCUT2D eigenvalue weighted by Gasteiger charge is 2.47. The fourth-order valence-electron chi connectivity index (χ4n) is 3.54. The number of thiazole rings is 1. The van der Waals surface area contributed by atoms with E-state index in [1.54, 1.807) is 12.4 Å². The van der Waals surface area contributed by atoms with Crippen LogP contribution in [0.2, 0.25) is 0 Å². The summed E-state index contributed by atoms with van der Waals surface area (Å²) >= 11 is 2.72. The van der Waals surface area contributed by atoms with Gasteiger partial charge in [0.2, 0.25) is 0 Å². The van der Waals surface area contributed by atoms with Crippen LogP contribution in [0.1, 0.15) is 23.0 Å².